The van der Waals surface area contributed by atoms with Crippen molar-refractivity contribution in [2.45, 2.75) is 174 Å². The van der Waals surface area contributed by atoms with E-state index in [0.717, 1.165) is 154 Å². The Morgan fingerprint density at radius 3 is 1.25 bits per heavy atom. The number of pyridine rings is 6. The van der Waals surface area contributed by atoms with Gasteiger partial charge in [0.2, 0.25) is 29.5 Å². The Balaban J connectivity index is 0.000000133. The van der Waals surface area contributed by atoms with E-state index in [-0.39, 0.29) is 41.6 Å². The molecule has 558 valence electrons. The van der Waals surface area contributed by atoms with Crippen molar-refractivity contribution in [1.82, 2.24) is 29.9 Å². The summed E-state index contributed by atoms with van der Waals surface area (Å²) < 4.78 is 39.1. The number of aromatic nitrogens is 6. The molecule has 0 unspecified atom stereocenters. The topological polar surface area (TPSA) is 249 Å². The van der Waals surface area contributed by atoms with Crippen LogP contribution in [-0.2, 0) is 59.2 Å². The second-order valence-corrected chi connectivity index (χ2v) is 44.8. The van der Waals surface area contributed by atoms with Gasteiger partial charge in [-0.1, -0.05) is 91.9 Å². The monoisotopic (exact) mass is 1590 g/mol. The van der Waals surface area contributed by atoms with Gasteiger partial charge in [0.15, 0.2) is 0 Å². The molecule has 3 aromatic carbocycles. The lowest BCUT2D eigenvalue weighted by molar-refractivity contribution is -0.119. The number of halogens is 2. The number of aromatic amines is 1. The minimum Gasteiger partial charge on any atom is -0.493 e. The fourth-order valence-electron chi connectivity index (χ4n) is 13.4. The Kier molecular flexibility index (Phi) is 22.7. The van der Waals surface area contributed by atoms with Crippen molar-refractivity contribution in [3.63, 3.8) is 0 Å². The number of hydrogen-bond acceptors (Lipinski definition) is 16. The van der Waals surface area contributed by atoms with Crippen LogP contribution >= 0.6 is 33.4 Å². The summed E-state index contributed by atoms with van der Waals surface area (Å²) in [7, 11) is 2.85. The fourth-order valence-corrected chi connectivity index (χ4v) is 13.5. The lowest BCUT2D eigenvalue weighted by atomic mass is 9.80. The van der Waals surface area contributed by atoms with E-state index in [0.29, 0.717) is 53.1 Å². The molecule has 4 N–H and O–H groups in total. The Labute approximate surface area is 645 Å². The Bertz CT molecular complexity index is 4940. The zero-order chi connectivity index (χ0) is 76.5. The SMILES string of the molecule is COc1ncc(-c2nc(NC(=O)C3(c4ccc5c(c4)CCO5)CC3)ccc2C)cc1C.COc1ncc(B2OC(C)(C)C(C)(C)O2)cc1C.C[Si](C)(C)I.Cc1ccc(NC(=O)C2(c3ccc4c(c3)CCO4)CC2)nc1-c1c[nH]c(=O)c(C)c1.Cc1ccc(NC(=O)C2(c3ccc4c(c3)CCO4)CC2)nc1Cl. The minimum atomic E-state index is -0.641. The van der Waals surface area contributed by atoms with E-state index < -0.39 is 21.8 Å². The van der Waals surface area contributed by atoms with Gasteiger partial charge in [-0.2, -0.15) is 0 Å². The molecular weight excluding hydrogens is 1500 g/mol. The van der Waals surface area contributed by atoms with Crippen molar-refractivity contribution in [3.05, 3.63) is 210 Å². The van der Waals surface area contributed by atoms with E-state index in [4.69, 9.17) is 49.6 Å². The molecule has 24 heteroatoms. The number of hydrogen-bond donors (Lipinski definition) is 4. The summed E-state index contributed by atoms with van der Waals surface area (Å²) in [5.41, 5.74) is 13.5. The van der Waals surface area contributed by atoms with Crippen LogP contribution in [0.4, 0.5) is 17.5 Å². The molecule has 0 radical (unpaired) electrons. The quantitative estimate of drug-likeness (QED) is 0.0342. The van der Waals surface area contributed by atoms with Gasteiger partial charge in [-0.15, -0.1) is 21.8 Å². The van der Waals surface area contributed by atoms with Crippen LogP contribution in [0.3, 0.4) is 0 Å². The molecule has 20 nitrogen and oxygen atoms in total. The van der Waals surface area contributed by atoms with Gasteiger partial charge >= 0.3 is 7.12 Å². The number of fused-ring (bicyclic) bond motifs is 3. The van der Waals surface area contributed by atoms with Crippen LogP contribution in [0.5, 0.6) is 29.0 Å². The van der Waals surface area contributed by atoms with Crippen LogP contribution in [0, 0.1) is 41.5 Å². The molecule has 10 heterocycles. The predicted octanol–water partition coefficient (Wildman–Crippen LogP) is 15.6. The van der Waals surface area contributed by atoms with Gasteiger partial charge in [-0.05, 0) is 206 Å². The molecule has 0 spiro atoms. The molecule has 3 saturated carbocycles. The number of carbonyl (C=O) groups excluding carboxylic acids is 3. The lowest BCUT2D eigenvalue weighted by Crippen LogP contribution is -2.41. The third-order valence-electron chi connectivity index (χ3n) is 20.9. The summed E-state index contributed by atoms with van der Waals surface area (Å²) >= 11 is 8.55. The van der Waals surface area contributed by atoms with E-state index in [1.807, 2.05) is 147 Å². The summed E-state index contributed by atoms with van der Waals surface area (Å²) in [6.45, 7) is 28.8. The number of aryl methyl sites for hydroxylation is 6. The number of nitrogens with one attached hydrogen (secondary N) is 4. The van der Waals surface area contributed by atoms with Crippen molar-refractivity contribution < 1.29 is 47.4 Å². The second-order valence-electron chi connectivity index (χ2n) is 30.6. The zero-order valence-electron chi connectivity index (χ0n) is 63.7. The van der Waals surface area contributed by atoms with E-state index in [9.17, 15) is 19.2 Å². The average molecular weight is 1590 g/mol. The molecule has 4 aliphatic heterocycles. The van der Waals surface area contributed by atoms with Crippen molar-refractivity contribution in [2.75, 3.05) is 50.0 Å². The maximum Gasteiger partial charge on any atom is 0.496 e. The molecule has 4 fully saturated rings. The maximum atomic E-state index is 13.3. The number of carbonyl (C=O) groups is 3. The smallest absolute Gasteiger partial charge is 0.493 e. The molecule has 9 aromatic rings. The number of anilines is 3. The molecule has 6 aromatic heterocycles. The molecule has 3 aliphatic carbocycles. The van der Waals surface area contributed by atoms with Gasteiger partial charge in [-0.3, -0.25) is 19.2 Å². The zero-order valence-corrected chi connectivity index (χ0v) is 67.6. The van der Waals surface area contributed by atoms with Crippen LogP contribution in [0.2, 0.25) is 24.8 Å². The third-order valence-corrected chi connectivity index (χ3v) is 21.2. The number of amides is 3. The fraction of sp³-hybridized carbons (Fsp3) is 0.386. The largest absolute Gasteiger partial charge is 0.496 e. The van der Waals surface area contributed by atoms with E-state index in [1.165, 1.54) is 16.7 Å². The Morgan fingerprint density at radius 1 is 0.505 bits per heavy atom. The standard InChI is InChI=1S/C25H25N3O3.C24H23N3O3.C18H17ClN2O2.C13H20BNO3.C3H9ISi/c1-15-4-7-21(27-22(15)18-12-16(2)23(30-3)26-14-18)28-24(29)25(9-10-25)19-5-6-20-17(13-19)8-11-31-20;1-14-3-6-20(26-21(14)17-11-15(2)22(28)25-13-17)27-23(29)24(8-9-24)18-4-5-19-16(12-18)7-10-30-19;1-11-2-5-15(20-16(11)19)21-17(22)18(7-8-18)13-3-4-14-12(10-13)6-9-23-14;1-9-7-10(8-15-11(9)16-6)14-17-12(2,3)13(4,5)18-14;1-5(2,3)4/h4-7,12-14H,8-11H2,1-3H3,(H,27,28,29);3-6,11-13H,7-10H2,1-2H3,(H,25,28)(H,26,27,29);2-5,10H,6-9H2,1H3,(H,20,21,22);7-8H,1-6H3;1-3H3. The van der Waals surface area contributed by atoms with Crippen molar-refractivity contribution in [2.24, 2.45) is 0 Å². The number of methoxy groups -OCH3 is 2. The highest BCUT2D eigenvalue weighted by molar-refractivity contribution is 14.1. The van der Waals surface area contributed by atoms with Crippen LogP contribution in [0.25, 0.3) is 22.5 Å². The normalized spacial score (nSPS) is 16.9. The molecule has 0 bridgehead atoms. The second kappa shape index (κ2) is 31.3. The van der Waals surface area contributed by atoms with Gasteiger partial charge in [0.05, 0.1) is 72.9 Å². The Hall–Kier alpha value is -9.01. The first-order chi connectivity index (χ1) is 50.8. The summed E-state index contributed by atoms with van der Waals surface area (Å²) in [4.78, 5) is 75.9. The van der Waals surface area contributed by atoms with Crippen LogP contribution in [0.15, 0.2) is 133 Å². The average Bonchev–Trinajstić information content (AvgIpc) is 1.60. The first kappa shape index (κ1) is 77.6. The van der Waals surface area contributed by atoms with Crippen molar-refractivity contribution in [1.29, 1.82) is 0 Å². The molecule has 107 heavy (non-hydrogen) atoms. The summed E-state index contributed by atoms with van der Waals surface area (Å²) in [6.07, 6.45) is 12.9. The van der Waals surface area contributed by atoms with Gasteiger partial charge < -0.3 is 53.9 Å². The third kappa shape index (κ3) is 17.4. The predicted molar refractivity (Wildman–Crippen MR) is 431 cm³/mol. The summed E-state index contributed by atoms with van der Waals surface area (Å²) in [6, 6.07) is 35.4. The van der Waals surface area contributed by atoms with Crippen LogP contribution in [-0.4, -0.2) is 106 Å². The van der Waals surface area contributed by atoms with Gasteiger partial charge in [0, 0.05) is 71.1 Å². The summed E-state index contributed by atoms with van der Waals surface area (Å²) in [5.74, 6) is 5.57. The number of H-pyrrole nitrogens is 1. The van der Waals surface area contributed by atoms with Gasteiger partial charge in [-0.25, -0.2) is 24.9 Å². The minimum absolute atomic E-state index is 0.00213. The first-order valence-corrected chi connectivity index (χ1v) is 43.4. The molecule has 0 atom stereocenters. The highest BCUT2D eigenvalue weighted by Crippen LogP contribution is 2.53. The highest BCUT2D eigenvalue weighted by atomic mass is 127. The number of benzene rings is 3. The van der Waals surface area contributed by atoms with E-state index in [2.05, 4.69) is 101 Å². The summed E-state index contributed by atoms with van der Waals surface area (Å²) in [5, 5.41) is 9.41. The number of ether oxygens (including phenoxy) is 5. The highest BCUT2D eigenvalue weighted by Gasteiger charge is 2.55. The molecule has 1 saturated heterocycles. The lowest BCUT2D eigenvalue weighted by Gasteiger charge is -2.32. The molecule has 16 rings (SSSR count). The van der Waals surface area contributed by atoms with E-state index in [1.54, 1.807) is 45.8 Å². The van der Waals surface area contributed by atoms with Crippen molar-refractivity contribution >= 4 is 86.7 Å². The first-order valence-electron chi connectivity index (χ1n) is 36.4. The molecular formula is C83H94BClIN9O11Si. The number of rotatable bonds is 14. The van der Waals surface area contributed by atoms with Crippen LogP contribution in [0.1, 0.15) is 133 Å². The maximum absolute atomic E-state index is 13.3. The Morgan fingerprint density at radius 2 is 0.879 bits per heavy atom. The molecule has 3 amide bonds. The van der Waals surface area contributed by atoms with E-state index >= 15 is 0 Å². The van der Waals surface area contributed by atoms with Crippen LogP contribution < -0.4 is 50.7 Å². The van der Waals surface area contributed by atoms with Crippen molar-refractivity contribution in [3.8, 4) is 51.5 Å². The van der Waals surface area contributed by atoms with Gasteiger partial charge in [0.1, 0.15) is 45.4 Å². The molecule has 7 aliphatic rings. The van der Waals surface area contributed by atoms with Gasteiger partial charge in [0.25, 0.3) is 5.56 Å². The number of nitrogens with zero attached hydrogens (tertiary/aromatic N) is 5.